The molecule has 0 aliphatic carbocycles. The molecule has 0 spiro atoms. The van der Waals surface area contributed by atoms with Gasteiger partial charge in [0.1, 0.15) is 11.6 Å². The van der Waals surface area contributed by atoms with Crippen molar-refractivity contribution in [1.29, 1.82) is 0 Å². The lowest BCUT2D eigenvalue weighted by molar-refractivity contribution is -0.173. The van der Waals surface area contributed by atoms with Gasteiger partial charge in [-0.3, -0.25) is 9.59 Å². The molecule has 2 amide bonds. The molecule has 2 aliphatic heterocycles. The van der Waals surface area contributed by atoms with Crippen LogP contribution < -0.4 is 5.32 Å². The van der Waals surface area contributed by atoms with E-state index in [1.165, 1.54) is 12.1 Å². The van der Waals surface area contributed by atoms with Gasteiger partial charge >= 0.3 is 18.0 Å². The first-order chi connectivity index (χ1) is 13.6. The number of hydrogen-bond donors (Lipinski definition) is 1. The summed E-state index contributed by atoms with van der Waals surface area (Å²) in [5, 5.41) is 2.48. The SMILES string of the molecule is CC(C)(C)OC(=O)NC1C(=O)N2C(C(=O)OC(=O)c3ccccc3)C(=O)CCC12. The van der Waals surface area contributed by atoms with Crippen molar-refractivity contribution >= 4 is 29.7 Å². The van der Waals surface area contributed by atoms with Gasteiger partial charge in [-0.15, -0.1) is 0 Å². The molecule has 9 heteroatoms. The van der Waals surface area contributed by atoms with E-state index in [9.17, 15) is 24.0 Å². The number of benzene rings is 1. The van der Waals surface area contributed by atoms with Crippen molar-refractivity contribution in [2.75, 3.05) is 0 Å². The van der Waals surface area contributed by atoms with Crippen molar-refractivity contribution in [3.63, 3.8) is 0 Å². The number of ketones is 1. The lowest BCUT2D eigenvalue weighted by atomic mass is 9.82. The number of carbonyl (C=O) groups is 5. The van der Waals surface area contributed by atoms with E-state index in [1.54, 1.807) is 39.0 Å². The highest BCUT2D eigenvalue weighted by molar-refractivity contribution is 6.12. The fourth-order valence-electron chi connectivity index (χ4n) is 3.39. The molecule has 3 atom stereocenters. The Kier molecular flexibility index (Phi) is 5.41. The Balaban J connectivity index is 1.67. The van der Waals surface area contributed by atoms with Crippen LogP contribution in [0, 0.1) is 0 Å². The zero-order valence-electron chi connectivity index (χ0n) is 16.3. The maximum Gasteiger partial charge on any atom is 0.408 e. The summed E-state index contributed by atoms with van der Waals surface area (Å²) in [5.74, 6) is -3.10. The molecule has 154 valence electrons. The molecule has 1 aromatic rings. The summed E-state index contributed by atoms with van der Waals surface area (Å²) >= 11 is 0. The summed E-state index contributed by atoms with van der Waals surface area (Å²) in [4.78, 5) is 62.4. The zero-order chi connectivity index (χ0) is 21.3. The van der Waals surface area contributed by atoms with Gasteiger partial charge in [0.2, 0.25) is 5.91 Å². The lowest BCUT2D eigenvalue weighted by Gasteiger charge is -2.51. The Hall–Kier alpha value is -3.23. The fraction of sp³-hybridized carbons (Fsp3) is 0.450. The Morgan fingerprint density at radius 1 is 1.10 bits per heavy atom. The smallest absolute Gasteiger partial charge is 0.408 e. The number of hydrogen-bond acceptors (Lipinski definition) is 7. The van der Waals surface area contributed by atoms with Gasteiger partial charge in [0, 0.05) is 6.42 Å². The minimum Gasteiger partial charge on any atom is -0.444 e. The Morgan fingerprint density at radius 3 is 2.38 bits per heavy atom. The highest BCUT2D eigenvalue weighted by Gasteiger charge is 2.58. The second-order valence-corrected chi connectivity index (χ2v) is 7.92. The van der Waals surface area contributed by atoms with E-state index in [1.807, 2.05) is 0 Å². The van der Waals surface area contributed by atoms with Crippen molar-refractivity contribution in [2.24, 2.45) is 0 Å². The minimum absolute atomic E-state index is 0.0280. The van der Waals surface area contributed by atoms with Crippen molar-refractivity contribution in [1.82, 2.24) is 10.2 Å². The van der Waals surface area contributed by atoms with Crippen LogP contribution in [0.4, 0.5) is 4.79 Å². The van der Waals surface area contributed by atoms with Crippen molar-refractivity contribution < 1.29 is 33.4 Å². The van der Waals surface area contributed by atoms with Crippen molar-refractivity contribution in [2.45, 2.75) is 57.3 Å². The number of piperidine rings is 1. The first-order valence-electron chi connectivity index (χ1n) is 9.24. The van der Waals surface area contributed by atoms with Crippen LogP contribution in [0.15, 0.2) is 30.3 Å². The molecule has 0 aromatic heterocycles. The molecule has 2 heterocycles. The molecular weight excluding hydrogens is 380 g/mol. The number of β-lactam (4-membered cyclic amide) rings is 1. The first kappa shape index (κ1) is 20.5. The van der Waals surface area contributed by atoms with Crippen LogP contribution in [0.1, 0.15) is 44.0 Å². The second-order valence-electron chi connectivity index (χ2n) is 7.92. The number of nitrogens with zero attached hydrogens (tertiary/aromatic N) is 1. The van der Waals surface area contributed by atoms with Gasteiger partial charge in [-0.25, -0.2) is 14.4 Å². The highest BCUT2D eigenvalue weighted by Crippen LogP contribution is 2.33. The van der Waals surface area contributed by atoms with E-state index in [0.717, 1.165) is 4.90 Å². The van der Waals surface area contributed by atoms with Gasteiger partial charge in [0.05, 0.1) is 11.6 Å². The second kappa shape index (κ2) is 7.65. The number of ether oxygens (including phenoxy) is 2. The number of Topliss-reactive ketones (excluding diaryl/α,β-unsaturated/α-hetero) is 1. The predicted molar refractivity (Wildman–Crippen MR) is 98.7 cm³/mol. The minimum atomic E-state index is -1.49. The monoisotopic (exact) mass is 402 g/mol. The molecule has 2 aliphatic rings. The van der Waals surface area contributed by atoms with Gasteiger partial charge in [-0.2, -0.15) is 0 Å². The van der Waals surface area contributed by atoms with Crippen LogP contribution in [-0.4, -0.2) is 58.3 Å². The lowest BCUT2D eigenvalue weighted by Crippen LogP contribution is -2.77. The highest BCUT2D eigenvalue weighted by atomic mass is 16.6. The number of alkyl carbamates (subject to hydrolysis) is 1. The molecule has 1 N–H and O–H groups in total. The van der Waals surface area contributed by atoms with Gasteiger partial charge in [0.25, 0.3) is 0 Å². The van der Waals surface area contributed by atoms with Gasteiger partial charge in [-0.1, -0.05) is 18.2 Å². The summed E-state index contributed by atoms with van der Waals surface area (Å²) in [6.45, 7) is 5.07. The number of fused-ring (bicyclic) bond motifs is 1. The summed E-state index contributed by atoms with van der Waals surface area (Å²) in [7, 11) is 0. The van der Waals surface area contributed by atoms with Crippen LogP contribution in [0.25, 0.3) is 0 Å². The maximum absolute atomic E-state index is 12.5. The topological polar surface area (TPSA) is 119 Å². The quantitative estimate of drug-likeness (QED) is 0.458. The van der Waals surface area contributed by atoms with Gasteiger partial charge < -0.3 is 19.7 Å². The summed E-state index contributed by atoms with van der Waals surface area (Å²) in [6, 6.07) is 4.92. The first-order valence-corrected chi connectivity index (χ1v) is 9.24. The molecule has 2 fully saturated rings. The molecule has 1 aromatic carbocycles. The third kappa shape index (κ3) is 4.28. The molecule has 0 saturated carbocycles. The summed E-state index contributed by atoms with van der Waals surface area (Å²) < 4.78 is 9.97. The maximum atomic E-state index is 12.5. The third-order valence-electron chi connectivity index (χ3n) is 4.63. The van der Waals surface area contributed by atoms with Gasteiger partial charge in [-0.05, 0) is 39.3 Å². The summed E-state index contributed by atoms with van der Waals surface area (Å²) in [5.41, 5.74) is -0.580. The number of rotatable bonds is 3. The van der Waals surface area contributed by atoms with E-state index in [2.05, 4.69) is 5.32 Å². The van der Waals surface area contributed by atoms with Crippen molar-refractivity contribution in [3.8, 4) is 0 Å². The molecule has 3 unspecified atom stereocenters. The Bertz CT molecular complexity index is 859. The van der Waals surface area contributed by atoms with Crippen LogP contribution in [0.3, 0.4) is 0 Å². The van der Waals surface area contributed by atoms with Crippen LogP contribution >= 0.6 is 0 Å². The molecular formula is C20H22N2O7. The molecule has 9 nitrogen and oxygen atoms in total. The van der Waals surface area contributed by atoms with Crippen LogP contribution in [0.5, 0.6) is 0 Å². The van der Waals surface area contributed by atoms with E-state index in [-0.39, 0.29) is 12.0 Å². The molecule has 29 heavy (non-hydrogen) atoms. The number of esters is 2. The molecule has 3 rings (SSSR count). The number of amides is 2. The molecule has 0 radical (unpaired) electrons. The Morgan fingerprint density at radius 2 is 1.76 bits per heavy atom. The number of nitrogens with one attached hydrogen (secondary N) is 1. The third-order valence-corrected chi connectivity index (χ3v) is 4.63. The predicted octanol–water partition coefficient (Wildman–Crippen LogP) is 1.21. The Labute approximate surface area is 167 Å². The zero-order valence-corrected chi connectivity index (χ0v) is 16.3. The van der Waals surface area contributed by atoms with E-state index < -0.39 is 53.4 Å². The van der Waals surface area contributed by atoms with Gasteiger partial charge in [0.15, 0.2) is 11.8 Å². The molecule has 0 bridgehead atoms. The van der Waals surface area contributed by atoms with E-state index >= 15 is 0 Å². The standard InChI is InChI=1S/C20H22N2O7/c1-20(2,3)29-19(27)21-14-12-9-10-13(23)15(22(12)16(14)24)18(26)28-17(25)11-7-5-4-6-8-11/h4-8,12,14-15H,9-10H2,1-3H3,(H,21,27). The fourth-order valence-corrected chi connectivity index (χ4v) is 3.39. The van der Waals surface area contributed by atoms with Crippen LogP contribution in [0.2, 0.25) is 0 Å². The van der Waals surface area contributed by atoms with Crippen LogP contribution in [-0.2, 0) is 23.9 Å². The van der Waals surface area contributed by atoms with E-state index in [4.69, 9.17) is 9.47 Å². The average molecular weight is 402 g/mol. The van der Waals surface area contributed by atoms with Crippen molar-refractivity contribution in [3.05, 3.63) is 35.9 Å². The normalized spacial score (nSPS) is 23.6. The largest absolute Gasteiger partial charge is 0.444 e. The number of carbonyl (C=O) groups excluding carboxylic acids is 5. The summed E-state index contributed by atoms with van der Waals surface area (Å²) in [6.07, 6.45) is -0.437. The molecule has 2 saturated heterocycles. The van der Waals surface area contributed by atoms with E-state index in [0.29, 0.717) is 6.42 Å². The average Bonchev–Trinajstić information content (AvgIpc) is 2.65.